The van der Waals surface area contributed by atoms with E-state index >= 15 is 0 Å². The summed E-state index contributed by atoms with van der Waals surface area (Å²) in [4.78, 5) is 32.4. The van der Waals surface area contributed by atoms with Crippen LogP contribution in [-0.2, 0) is 11.2 Å². The maximum atomic E-state index is 12.2. The predicted molar refractivity (Wildman–Crippen MR) is 95.6 cm³/mol. The second-order valence-corrected chi connectivity index (χ2v) is 7.63. The summed E-state index contributed by atoms with van der Waals surface area (Å²) >= 11 is 0. The molecule has 1 N–H and O–H groups in total. The van der Waals surface area contributed by atoms with Crippen LogP contribution < -0.4 is 5.32 Å². The topological polar surface area (TPSA) is 91.6 Å². The van der Waals surface area contributed by atoms with Crippen molar-refractivity contribution in [2.75, 3.05) is 19.6 Å². The van der Waals surface area contributed by atoms with Crippen LogP contribution in [0.2, 0.25) is 0 Å². The summed E-state index contributed by atoms with van der Waals surface area (Å²) in [7, 11) is 0. The lowest BCUT2D eigenvalue weighted by atomic mass is 9.85. The number of hydrogen-bond donors (Lipinski definition) is 1. The highest BCUT2D eigenvalue weighted by atomic mass is 16.5. The molecule has 3 amide bonds. The summed E-state index contributed by atoms with van der Waals surface area (Å²) < 4.78 is 5.35. The molecule has 2 heterocycles. The number of amides is 3. The van der Waals surface area contributed by atoms with E-state index in [0.717, 1.165) is 25.2 Å². The Bertz CT molecular complexity index is 641. The van der Waals surface area contributed by atoms with Crippen LogP contribution in [0.5, 0.6) is 0 Å². The van der Waals surface area contributed by atoms with Crippen molar-refractivity contribution < 1.29 is 14.1 Å². The molecule has 1 aliphatic carbocycles. The van der Waals surface area contributed by atoms with Gasteiger partial charge in [0, 0.05) is 44.9 Å². The zero-order valence-corrected chi connectivity index (χ0v) is 15.9. The molecule has 1 aromatic heterocycles. The third-order valence-electron chi connectivity index (χ3n) is 5.22. The van der Waals surface area contributed by atoms with E-state index in [1.54, 1.807) is 11.8 Å². The minimum atomic E-state index is -0.0608. The molecular weight excluding hydrogens is 334 g/mol. The van der Waals surface area contributed by atoms with Crippen molar-refractivity contribution in [2.45, 2.75) is 70.9 Å². The molecular formula is C18H29N5O3. The van der Waals surface area contributed by atoms with Crippen LogP contribution in [0, 0.1) is 0 Å². The maximum absolute atomic E-state index is 12.2. The molecule has 0 aromatic carbocycles. The van der Waals surface area contributed by atoms with E-state index in [4.69, 9.17) is 4.52 Å². The summed E-state index contributed by atoms with van der Waals surface area (Å²) in [6.45, 7) is 7.24. The molecule has 144 valence electrons. The van der Waals surface area contributed by atoms with Crippen molar-refractivity contribution in [3.05, 3.63) is 11.7 Å². The van der Waals surface area contributed by atoms with Gasteiger partial charge in [-0.3, -0.25) is 4.79 Å². The van der Waals surface area contributed by atoms with Gasteiger partial charge in [-0.05, 0) is 33.1 Å². The van der Waals surface area contributed by atoms with E-state index in [-0.39, 0.29) is 24.0 Å². The number of nitrogens with zero attached hydrogens (tertiary/aromatic N) is 4. The minimum absolute atomic E-state index is 0.0174. The molecule has 1 aliphatic heterocycles. The van der Waals surface area contributed by atoms with Gasteiger partial charge in [0.25, 0.3) is 0 Å². The van der Waals surface area contributed by atoms with Crippen LogP contribution in [0.4, 0.5) is 4.79 Å². The van der Waals surface area contributed by atoms with Crippen molar-refractivity contribution in [3.63, 3.8) is 0 Å². The van der Waals surface area contributed by atoms with Gasteiger partial charge < -0.3 is 19.6 Å². The van der Waals surface area contributed by atoms with Gasteiger partial charge in [0.15, 0.2) is 5.82 Å². The number of urea groups is 1. The number of carbonyl (C=O) groups excluding carboxylic acids is 2. The predicted octanol–water partition coefficient (Wildman–Crippen LogP) is 1.92. The lowest BCUT2D eigenvalue weighted by Gasteiger charge is -2.28. The first kappa shape index (κ1) is 18.7. The Hall–Kier alpha value is -2.12. The third kappa shape index (κ3) is 4.34. The van der Waals surface area contributed by atoms with Crippen LogP contribution in [0.15, 0.2) is 4.52 Å². The quantitative estimate of drug-likeness (QED) is 0.834. The highest BCUT2D eigenvalue weighted by molar-refractivity contribution is 5.76. The Balaban J connectivity index is 1.53. The smallest absolute Gasteiger partial charge is 0.317 e. The Labute approximate surface area is 154 Å². The molecule has 1 saturated heterocycles. The van der Waals surface area contributed by atoms with E-state index in [2.05, 4.69) is 15.5 Å². The molecule has 0 radical (unpaired) electrons. The van der Waals surface area contributed by atoms with Crippen LogP contribution >= 0.6 is 0 Å². The van der Waals surface area contributed by atoms with Crippen molar-refractivity contribution in [3.8, 4) is 0 Å². The molecule has 0 spiro atoms. The van der Waals surface area contributed by atoms with Gasteiger partial charge in [0.2, 0.25) is 11.8 Å². The lowest BCUT2D eigenvalue weighted by Crippen LogP contribution is -2.45. The number of hydrogen-bond acceptors (Lipinski definition) is 5. The Kier molecular flexibility index (Phi) is 5.78. The number of rotatable bonds is 6. The molecule has 1 aromatic rings. The number of likely N-dealkylation sites (tertiary alicyclic amines) is 1. The minimum Gasteiger partial charge on any atom is -0.339 e. The fourth-order valence-electron chi connectivity index (χ4n) is 3.53. The van der Waals surface area contributed by atoms with E-state index in [1.165, 1.54) is 6.42 Å². The molecule has 26 heavy (non-hydrogen) atoms. The molecule has 8 heteroatoms. The van der Waals surface area contributed by atoms with E-state index < -0.39 is 0 Å². The lowest BCUT2D eigenvalue weighted by molar-refractivity contribution is -0.130. The summed E-state index contributed by atoms with van der Waals surface area (Å²) in [5.74, 6) is 1.83. The zero-order valence-electron chi connectivity index (χ0n) is 15.9. The van der Waals surface area contributed by atoms with Gasteiger partial charge in [-0.2, -0.15) is 4.98 Å². The fraction of sp³-hybridized carbons (Fsp3) is 0.778. The van der Waals surface area contributed by atoms with Crippen molar-refractivity contribution in [1.29, 1.82) is 0 Å². The monoisotopic (exact) mass is 363 g/mol. The normalized spacial score (nSPS) is 20.3. The first-order valence-corrected chi connectivity index (χ1v) is 9.59. The highest BCUT2D eigenvalue weighted by Crippen LogP contribution is 2.35. The summed E-state index contributed by atoms with van der Waals surface area (Å²) in [6, 6.07) is 0.0892. The van der Waals surface area contributed by atoms with E-state index in [0.29, 0.717) is 37.8 Å². The zero-order chi connectivity index (χ0) is 18.7. The molecule has 1 atom stereocenters. The Morgan fingerprint density at radius 3 is 2.73 bits per heavy atom. The Morgan fingerprint density at radius 2 is 2.12 bits per heavy atom. The van der Waals surface area contributed by atoms with Gasteiger partial charge in [-0.1, -0.05) is 11.6 Å². The molecule has 1 saturated carbocycles. The van der Waals surface area contributed by atoms with Crippen LogP contribution in [0.25, 0.3) is 0 Å². The standard InChI is InChI=1S/C18H29N5O3/c1-12(2)19-18(25)22-9-7-15(11-22)23(13(3)24)10-8-16-20-17(26-21-16)14-5-4-6-14/h12,14-15H,4-11H2,1-3H3,(H,19,25). The largest absolute Gasteiger partial charge is 0.339 e. The van der Waals surface area contributed by atoms with Crippen molar-refractivity contribution in [1.82, 2.24) is 25.3 Å². The number of carbonyl (C=O) groups is 2. The highest BCUT2D eigenvalue weighted by Gasteiger charge is 2.32. The van der Waals surface area contributed by atoms with Gasteiger partial charge in [-0.15, -0.1) is 0 Å². The van der Waals surface area contributed by atoms with Gasteiger partial charge in [0.1, 0.15) is 0 Å². The fourth-order valence-corrected chi connectivity index (χ4v) is 3.53. The van der Waals surface area contributed by atoms with E-state index in [9.17, 15) is 9.59 Å². The summed E-state index contributed by atoms with van der Waals surface area (Å²) in [5.41, 5.74) is 0. The first-order valence-electron chi connectivity index (χ1n) is 9.59. The first-order chi connectivity index (χ1) is 12.4. The maximum Gasteiger partial charge on any atom is 0.317 e. The molecule has 2 aliphatic rings. The van der Waals surface area contributed by atoms with Gasteiger partial charge in [0.05, 0.1) is 6.04 Å². The van der Waals surface area contributed by atoms with Crippen molar-refractivity contribution >= 4 is 11.9 Å². The van der Waals surface area contributed by atoms with Crippen LogP contribution in [-0.4, -0.2) is 63.6 Å². The van der Waals surface area contributed by atoms with Crippen molar-refractivity contribution in [2.24, 2.45) is 0 Å². The third-order valence-corrected chi connectivity index (χ3v) is 5.22. The second kappa shape index (κ2) is 8.05. The van der Waals surface area contributed by atoms with Crippen LogP contribution in [0.1, 0.15) is 64.1 Å². The number of aromatic nitrogens is 2. The average Bonchev–Trinajstić information content (AvgIpc) is 3.15. The summed E-state index contributed by atoms with van der Waals surface area (Å²) in [6.07, 6.45) is 4.84. The molecule has 0 bridgehead atoms. The van der Waals surface area contributed by atoms with Gasteiger partial charge in [-0.25, -0.2) is 4.79 Å². The Morgan fingerprint density at radius 1 is 1.35 bits per heavy atom. The average molecular weight is 363 g/mol. The summed E-state index contributed by atoms with van der Waals surface area (Å²) in [5, 5.41) is 6.96. The molecule has 1 unspecified atom stereocenters. The second-order valence-electron chi connectivity index (χ2n) is 7.63. The molecule has 3 rings (SSSR count). The van der Waals surface area contributed by atoms with Gasteiger partial charge >= 0.3 is 6.03 Å². The molecule has 8 nitrogen and oxygen atoms in total. The SMILES string of the molecule is CC(=O)N(CCc1noc(C2CCC2)n1)C1CCN(C(=O)NC(C)C)C1. The van der Waals surface area contributed by atoms with E-state index in [1.807, 2.05) is 18.7 Å². The van der Waals surface area contributed by atoms with Crippen LogP contribution in [0.3, 0.4) is 0 Å². The number of nitrogens with one attached hydrogen (secondary N) is 1. The molecule has 2 fully saturated rings.